The Morgan fingerprint density at radius 3 is 3.00 bits per heavy atom. The van der Waals surface area contributed by atoms with Gasteiger partial charge in [-0.1, -0.05) is 11.6 Å². The zero-order chi connectivity index (χ0) is 9.26. The van der Waals surface area contributed by atoms with Crippen LogP contribution >= 0.6 is 11.6 Å². The summed E-state index contributed by atoms with van der Waals surface area (Å²) in [5, 5.41) is 0.428. The van der Waals surface area contributed by atoms with Crippen molar-refractivity contribution in [2.75, 3.05) is 11.4 Å². The predicted molar refractivity (Wildman–Crippen MR) is 50.8 cm³/mol. The second-order valence-corrected chi connectivity index (χ2v) is 3.37. The summed E-state index contributed by atoms with van der Waals surface area (Å²) in [6, 6.07) is 3.51. The number of amides is 1. The van der Waals surface area contributed by atoms with Crippen molar-refractivity contribution in [1.82, 2.24) is 4.98 Å². The van der Waals surface area contributed by atoms with E-state index in [2.05, 4.69) is 4.98 Å². The van der Waals surface area contributed by atoms with Crippen LogP contribution < -0.4 is 4.90 Å². The Hall–Kier alpha value is -1.09. The predicted octanol–water partition coefficient (Wildman–Crippen LogP) is 1.86. The summed E-state index contributed by atoms with van der Waals surface area (Å²) in [4.78, 5) is 17.0. The number of halogens is 1. The van der Waals surface area contributed by atoms with E-state index in [4.69, 9.17) is 11.6 Å². The average molecular weight is 197 g/mol. The molecule has 0 aromatic carbocycles. The highest BCUT2D eigenvalue weighted by molar-refractivity contribution is 6.29. The molecule has 1 aromatic heterocycles. The molecule has 0 aliphatic carbocycles. The third-order valence-electron chi connectivity index (χ3n) is 2.10. The maximum Gasteiger partial charge on any atom is 0.227 e. The molecule has 0 unspecified atom stereocenters. The van der Waals surface area contributed by atoms with Crippen LogP contribution in [0, 0.1) is 0 Å². The first-order valence-electron chi connectivity index (χ1n) is 4.19. The van der Waals surface area contributed by atoms with Crippen molar-refractivity contribution in [3.05, 3.63) is 23.5 Å². The molecule has 1 aliphatic heterocycles. The van der Waals surface area contributed by atoms with Gasteiger partial charge < -0.3 is 4.90 Å². The first kappa shape index (κ1) is 8.51. The summed E-state index contributed by atoms with van der Waals surface area (Å²) in [7, 11) is 0. The van der Waals surface area contributed by atoms with E-state index >= 15 is 0 Å². The van der Waals surface area contributed by atoms with Gasteiger partial charge in [0.15, 0.2) is 0 Å². The minimum Gasteiger partial charge on any atom is -0.312 e. The van der Waals surface area contributed by atoms with Crippen LogP contribution in [0.1, 0.15) is 12.8 Å². The van der Waals surface area contributed by atoms with Gasteiger partial charge in [-0.25, -0.2) is 4.98 Å². The number of nitrogens with zero attached hydrogens (tertiary/aromatic N) is 2. The second-order valence-electron chi connectivity index (χ2n) is 2.99. The Kier molecular flexibility index (Phi) is 2.19. The van der Waals surface area contributed by atoms with Gasteiger partial charge in [-0.3, -0.25) is 4.79 Å². The first-order chi connectivity index (χ1) is 6.27. The third kappa shape index (κ3) is 1.65. The van der Waals surface area contributed by atoms with Gasteiger partial charge in [-0.05, 0) is 18.6 Å². The molecule has 0 spiro atoms. The summed E-state index contributed by atoms with van der Waals surface area (Å²) in [6.45, 7) is 0.791. The lowest BCUT2D eigenvalue weighted by Crippen LogP contribution is -2.23. The van der Waals surface area contributed by atoms with E-state index in [-0.39, 0.29) is 5.91 Å². The third-order valence-corrected chi connectivity index (χ3v) is 2.30. The molecule has 2 rings (SSSR count). The summed E-state index contributed by atoms with van der Waals surface area (Å²) < 4.78 is 0. The van der Waals surface area contributed by atoms with Crippen molar-refractivity contribution in [3.63, 3.8) is 0 Å². The Morgan fingerprint density at radius 1 is 1.54 bits per heavy atom. The number of rotatable bonds is 1. The molecule has 2 heterocycles. The summed E-state index contributed by atoms with van der Waals surface area (Å²) in [6.07, 6.45) is 3.18. The molecule has 0 atom stereocenters. The van der Waals surface area contributed by atoms with Crippen molar-refractivity contribution in [2.24, 2.45) is 0 Å². The molecule has 1 amide bonds. The van der Waals surface area contributed by atoms with Crippen molar-refractivity contribution in [3.8, 4) is 0 Å². The van der Waals surface area contributed by atoms with Crippen LogP contribution in [0.2, 0.25) is 5.15 Å². The molecule has 3 nitrogen and oxygen atoms in total. The fourth-order valence-electron chi connectivity index (χ4n) is 1.48. The van der Waals surface area contributed by atoms with Gasteiger partial charge in [0, 0.05) is 24.8 Å². The number of pyridine rings is 1. The Bertz CT molecular complexity index is 340. The highest BCUT2D eigenvalue weighted by Gasteiger charge is 2.21. The number of hydrogen-bond acceptors (Lipinski definition) is 2. The van der Waals surface area contributed by atoms with Crippen molar-refractivity contribution < 1.29 is 4.79 Å². The minimum atomic E-state index is 0.169. The number of carbonyl (C=O) groups excluding carboxylic acids is 1. The fourth-order valence-corrected chi connectivity index (χ4v) is 1.65. The topological polar surface area (TPSA) is 33.2 Å². The van der Waals surface area contributed by atoms with Crippen LogP contribution in [0.15, 0.2) is 18.3 Å². The molecule has 1 aliphatic rings. The molecule has 0 bridgehead atoms. The minimum absolute atomic E-state index is 0.169. The second kappa shape index (κ2) is 3.34. The van der Waals surface area contributed by atoms with Crippen LogP contribution in [-0.2, 0) is 4.79 Å². The van der Waals surface area contributed by atoms with Crippen LogP contribution in [0.5, 0.6) is 0 Å². The Morgan fingerprint density at radius 2 is 2.38 bits per heavy atom. The lowest BCUT2D eigenvalue weighted by Gasteiger charge is -2.14. The van der Waals surface area contributed by atoms with E-state index in [1.165, 1.54) is 0 Å². The molecular formula is C9H9ClN2O. The smallest absolute Gasteiger partial charge is 0.227 e. The van der Waals surface area contributed by atoms with Crippen molar-refractivity contribution in [1.29, 1.82) is 0 Å². The van der Waals surface area contributed by atoms with Gasteiger partial charge >= 0.3 is 0 Å². The number of hydrogen-bond donors (Lipinski definition) is 0. The van der Waals surface area contributed by atoms with Gasteiger partial charge in [-0.15, -0.1) is 0 Å². The van der Waals surface area contributed by atoms with E-state index in [1.807, 2.05) is 0 Å². The van der Waals surface area contributed by atoms with Gasteiger partial charge in [0.05, 0.1) is 0 Å². The fraction of sp³-hybridized carbons (Fsp3) is 0.333. The first-order valence-corrected chi connectivity index (χ1v) is 4.57. The summed E-state index contributed by atoms with van der Waals surface area (Å²) >= 11 is 5.72. The lowest BCUT2D eigenvalue weighted by atomic mass is 10.3. The van der Waals surface area contributed by atoms with Gasteiger partial charge in [0.25, 0.3) is 0 Å². The molecule has 0 radical (unpaired) electrons. The largest absolute Gasteiger partial charge is 0.312 e. The van der Waals surface area contributed by atoms with Crippen molar-refractivity contribution >= 4 is 23.2 Å². The zero-order valence-electron chi connectivity index (χ0n) is 7.03. The SMILES string of the molecule is O=C1CCCN1c1ccnc(Cl)c1. The maximum absolute atomic E-state index is 11.3. The molecule has 4 heteroatoms. The summed E-state index contributed by atoms with van der Waals surface area (Å²) in [5.74, 6) is 0.169. The monoisotopic (exact) mass is 196 g/mol. The van der Waals surface area contributed by atoms with E-state index < -0.39 is 0 Å². The van der Waals surface area contributed by atoms with Crippen LogP contribution in [0.3, 0.4) is 0 Å². The van der Waals surface area contributed by atoms with Gasteiger partial charge in [-0.2, -0.15) is 0 Å². The number of aromatic nitrogens is 1. The Balaban J connectivity index is 2.29. The van der Waals surface area contributed by atoms with Gasteiger partial charge in [0.2, 0.25) is 5.91 Å². The number of anilines is 1. The van der Waals surface area contributed by atoms with Crippen LogP contribution in [-0.4, -0.2) is 17.4 Å². The lowest BCUT2D eigenvalue weighted by molar-refractivity contribution is -0.117. The highest BCUT2D eigenvalue weighted by Crippen LogP contribution is 2.22. The van der Waals surface area contributed by atoms with Crippen LogP contribution in [0.4, 0.5) is 5.69 Å². The standard InChI is InChI=1S/C9H9ClN2O/c10-8-6-7(3-4-11-8)12-5-1-2-9(12)13/h3-4,6H,1-2,5H2. The van der Waals surface area contributed by atoms with E-state index in [9.17, 15) is 4.79 Å². The normalized spacial score (nSPS) is 16.7. The van der Waals surface area contributed by atoms with Crippen LogP contribution in [0.25, 0.3) is 0 Å². The molecule has 1 saturated heterocycles. The molecule has 13 heavy (non-hydrogen) atoms. The molecular weight excluding hydrogens is 188 g/mol. The molecule has 68 valence electrons. The van der Waals surface area contributed by atoms with E-state index in [1.54, 1.807) is 23.2 Å². The zero-order valence-corrected chi connectivity index (χ0v) is 7.79. The molecule has 1 aromatic rings. The quantitative estimate of drug-likeness (QED) is 0.643. The summed E-state index contributed by atoms with van der Waals surface area (Å²) in [5.41, 5.74) is 0.850. The van der Waals surface area contributed by atoms with E-state index in [0.29, 0.717) is 11.6 Å². The Labute approximate surface area is 81.3 Å². The maximum atomic E-state index is 11.3. The molecule has 0 saturated carbocycles. The average Bonchev–Trinajstić information content (AvgIpc) is 2.51. The molecule has 0 N–H and O–H groups in total. The van der Waals surface area contributed by atoms with Crippen molar-refractivity contribution in [2.45, 2.75) is 12.8 Å². The van der Waals surface area contributed by atoms with Gasteiger partial charge in [0.1, 0.15) is 5.15 Å². The van der Waals surface area contributed by atoms with E-state index in [0.717, 1.165) is 18.7 Å². The number of carbonyl (C=O) groups is 1. The highest BCUT2D eigenvalue weighted by atomic mass is 35.5. The molecule has 1 fully saturated rings.